The largest absolute Gasteiger partial charge is 0.496 e. The van der Waals surface area contributed by atoms with E-state index in [1.54, 1.807) is 31.4 Å². The van der Waals surface area contributed by atoms with Crippen molar-refractivity contribution in [1.82, 2.24) is 9.88 Å². The van der Waals surface area contributed by atoms with Gasteiger partial charge in [0.15, 0.2) is 4.47 Å². The second kappa shape index (κ2) is 11.8. The summed E-state index contributed by atoms with van der Waals surface area (Å²) in [6, 6.07) is 5.06. The van der Waals surface area contributed by atoms with E-state index in [-0.39, 0.29) is 23.2 Å². The molecular formula is C30H43ClN2O5S. The molecule has 0 N–H and O–H groups in total. The first-order valence-electron chi connectivity index (χ1n) is 13.4. The number of ether oxygens (including phenoxy) is 3. The Kier molecular flexibility index (Phi) is 9.45. The second-order valence-electron chi connectivity index (χ2n) is 12.9. The average molecular weight is 579 g/mol. The van der Waals surface area contributed by atoms with Gasteiger partial charge in [-0.15, -0.1) is 11.3 Å². The number of hydrogen-bond acceptors (Lipinski definition) is 7. The molecule has 1 aromatic heterocycles. The number of nitrogens with zero attached hydrogens (tertiary/aromatic N) is 2. The third-order valence-electron chi connectivity index (χ3n) is 6.95. The SMILES string of the molecule is COC[C@H]1C[C@@](CC(C)C)(C(=O)OC(C)(C)C)N(C(=O)c2ccc(C(C)(C)C)c(OC)c2)[C@H]1c1cnc(Cl)s1. The van der Waals surface area contributed by atoms with Gasteiger partial charge in [0, 0.05) is 29.7 Å². The van der Waals surface area contributed by atoms with Crippen LogP contribution in [0.5, 0.6) is 5.75 Å². The molecule has 1 fully saturated rings. The first-order chi connectivity index (χ1) is 18.0. The molecule has 1 aromatic carbocycles. The van der Waals surface area contributed by atoms with E-state index in [1.807, 2.05) is 32.9 Å². The molecule has 3 rings (SSSR count). The summed E-state index contributed by atoms with van der Waals surface area (Å²) >= 11 is 7.59. The number of methoxy groups -OCH3 is 2. The van der Waals surface area contributed by atoms with Gasteiger partial charge in [-0.25, -0.2) is 9.78 Å². The number of rotatable bonds is 8. The number of carbonyl (C=O) groups excluding carboxylic acids is 2. The zero-order valence-electron chi connectivity index (χ0n) is 24.9. The Morgan fingerprint density at radius 2 is 1.85 bits per heavy atom. The molecular weight excluding hydrogens is 536 g/mol. The van der Waals surface area contributed by atoms with E-state index in [4.69, 9.17) is 25.8 Å². The smallest absolute Gasteiger partial charge is 0.332 e. The van der Waals surface area contributed by atoms with Crippen molar-refractivity contribution in [2.45, 2.75) is 90.8 Å². The number of thiazole rings is 1. The third kappa shape index (κ3) is 6.77. The molecule has 0 saturated carbocycles. The zero-order valence-corrected chi connectivity index (χ0v) is 26.5. The molecule has 0 spiro atoms. The standard InChI is InChI=1S/C30H43ClN2O5S/c1-18(2)14-30(26(35)38-29(6,7)8)15-20(17-36-9)24(23-16-32-27(31)39-23)33(30)25(34)19-11-12-21(28(3,4)5)22(13-19)37-10/h11-13,16,18,20,24H,14-15,17H2,1-10H3/t20-,24-,30+/m1/s1. The van der Waals surface area contributed by atoms with Crippen LogP contribution in [0.3, 0.4) is 0 Å². The van der Waals surface area contributed by atoms with Crippen LogP contribution >= 0.6 is 22.9 Å². The van der Waals surface area contributed by atoms with Crippen LogP contribution < -0.4 is 4.74 Å². The zero-order chi connectivity index (χ0) is 29.3. The number of aromatic nitrogens is 1. The van der Waals surface area contributed by atoms with Crippen LogP contribution in [0, 0.1) is 11.8 Å². The summed E-state index contributed by atoms with van der Waals surface area (Å²) in [5.41, 5.74) is -0.680. The van der Waals surface area contributed by atoms with E-state index < -0.39 is 23.2 Å². The molecule has 1 saturated heterocycles. The summed E-state index contributed by atoms with van der Waals surface area (Å²) in [5.74, 6) is -0.108. The molecule has 1 aliphatic rings. The van der Waals surface area contributed by atoms with Gasteiger partial charge in [-0.2, -0.15) is 0 Å². The van der Waals surface area contributed by atoms with Crippen LogP contribution in [0.2, 0.25) is 4.47 Å². The first kappa shape index (κ1) is 31.4. The minimum Gasteiger partial charge on any atom is -0.496 e. The lowest BCUT2D eigenvalue weighted by molar-refractivity contribution is -0.168. The Morgan fingerprint density at radius 3 is 2.33 bits per heavy atom. The molecule has 3 atom stereocenters. The molecule has 2 heterocycles. The van der Waals surface area contributed by atoms with Crippen LogP contribution in [0.25, 0.3) is 0 Å². The fourth-order valence-corrected chi connectivity index (χ4v) is 6.78. The summed E-state index contributed by atoms with van der Waals surface area (Å²) in [6.07, 6.45) is 2.54. The van der Waals surface area contributed by atoms with Crippen LogP contribution in [-0.2, 0) is 19.7 Å². The van der Waals surface area contributed by atoms with Crippen LogP contribution in [0.15, 0.2) is 24.4 Å². The molecule has 9 heteroatoms. The van der Waals surface area contributed by atoms with E-state index in [0.29, 0.717) is 35.2 Å². The van der Waals surface area contributed by atoms with E-state index in [2.05, 4.69) is 39.6 Å². The van der Waals surface area contributed by atoms with Crippen molar-refractivity contribution in [2.24, 2.45) is 11.8 Å². The molecule has 216 valence electrons. The van der Waals surface area contributed by atoms with Gasteiger partial charge in [0.25, 0.3) is 5.91 Å². The Balaban J connectivity index is 2.28. The van der Waals surface area contributed by atoms with Gasteiger partial charge in [-0.05, 0) is 62.6 Å². The van der Waals surface area contributed by atoms with Crippen LogP contribution in [0.1, 0.15) is 95.1 Å². The maximum Gasteiger partial charge on any atom is 0.332 e. The molecule has 0 radical (unpaired) electrons. The van der Waals surface area contributed by atoms with Gasteiger partial charge in [-0.3, -0.25) is 4.79 Å². The molecule has 7 nitrogen and oxygen atoms in total. The maximum atomic E-state index is 14.7. The molecule has 2 aromatic rings. The Labute approximate surface area is 242 Å². The third-order valence-corrected chi connectivity index (χ3v) is 8.14. The second-order valence-corrected chi connectivity index (χ2v) is 14.5. The lowest BCUT2D eigenvalue weighted by Gasteiger charge is -2.41. The van der Waals surface area contributed by atoms with Crippen LogP contribution in [-0.4, -0.2) is 53.7 Å². The number of esters is 1. The number of amides is 1. The lowest BCUT2D eigenvalue weighted by Crippen LogP contribution is -2.56. The highest BCUT2D eigenvalue weighted by Gasteiger charge is 2.60. The van der Waals surface area contributed by atoms with Crippen molar-refractivity contribution in [1.29, 1.82) is 0 Å². The number of benzene rings is 1. The van der Waals surface area contributed by atoms with Crippen molar-refractivity contribution in [3.05, 3.63) is 44.9 Å². The molecule has 1 amide bonds. The van der Waals surface area contributed by atoms with Crippen molar-refractivity contribution in [3.63, 3.8) is 0 Å². The molecule has 0 bridgehead atoms. The van der Waals surface area contributed by atoms with Gasteiger partial charge in [0.2, 0.25) is 0 Å². The predicted molar refractivity (Wildman–Crippen MR) is 156 cm³/mol. The van der Waals surface area contributed by atoms with E-state index in [0.717, 1.165) is 10.4 Å². The van der Waals surface area contributed by atoms with Crippen molar-refractivity contribution in [2.75, 3.05) is 20.8 Å². The Hall–Kier alpha value is -2.16. The van der Waals surface area contributed by atoms with Gasteiger partial charge < -0.3 is 19.1 Å². The minimum absolute atomic E-state index is 0.109. The van der Waals surface area contributed by atoms with Crippen molar-refractivity contribution in [3.8, 4) is 5.75 Å². The summed E-state index contributed by atoms with van der Waals surface area (Å²) in [7, 11) is 3.24. The van der Waals surface area contributed by atoms with Crippen LogP contribution in [0.4, 0.5) is 0 Å². The lowest BCUT2D eigenvalue weighted by atomic mass is 9.83. The monoisotopic (exact) mass is 578 g/mol. The quantitative estimate of drug-likeness (QED) is 0.311. The number of hydrogen-bond donors (Lipinski definition) is 0. The maximum absolute atomic E-state index is 14.7. The molecule has 1 aliphatic heterocycles. The molecule has 0 aliphatic carbocycles. The fourth-order valence-electron chi connectivity index (χ4n) is 5.64. The Bertz CT molecular complexity index is 1180. The Morgan fingerprint density at radius 1 is 1.18 bits per heavy atom. The summed E-state index contributed by atoms with van der Waals surface area (Å²) < 4.78 is 17.8. The van der Waals surface area contributed by atoms with Crippen molar-refractivity contribution < 1.29 is 23.8 Å². The fraction of sp³-hybridized carbons (Fsp3) is 0.633. The van der Waals surface area contributed by atoms with E-state index in [9.17, 15) is 9.59 Å². The van der Waals surface area contributed by atoms with Gasteiger partial charge in [0.05, 0.1) is 19.8 Å². The average Bonchev–Trinajstić information content (AvgIpc) is 3.37. The van der Waals surface area contributed by atoms with E-state index >= 15 is 0 Å². The normalized spacial score (nSPS) is 21.9. The topological polar surface area (TPSA) is 78.0 Å². The summed E-state index contributed by atoms with van der Waals surface area (Å²) in [4.78, 5) is 35.7. The van der Waals surface area contributed by atoms with Gasteiger partial charge >= 0.3 is 5.97 Å². The summed E-state index contributed by atoms with van der Waals surface area (Å²) in [5, 5.41) is 0. The number of halogens is 1. The molecule has 0 unspecified atom stereocenters. The highest BCUT2D eigenvalue weighted by molar-refractivity contribution is 7.15. The number of likely N-dealkylation sites (tertiary alicyclic amines) is 1. The summed E-state index contributed by atoms with van der Waals surface area (Å²) in [6.45, 7) is 16.3. The van der Waals surface area contributed by atoms with E-state index in [1.165, 1.54) is 11.3 Å². The highest BCUT2D eigenvalue weighted by atomic mass is 35.5. The number of carbonyl (C=O) groups is 2. The molecule has 39 heavy (non-hydrogen) atoms. The van der Waals surface area contributed by atoms with Crippen molar-refractivity contribution >= 4 is 34.8 Å². The first-order valence-corrected chi connectivity index (χ1v) is 14.6. The predicted octanol–water partition coefficient (Wildman–Crippen LogP) is 7.08. The highest BCUT2D eigenvalue weighted by Crippen LogP contribution is 2.52. The minimum atomic E-state index is -1.21. The van der Waals surface area contributed by atoms with Gasteiger partial charge in [0.1, 0.15) is 16.9 Å². The van der Waals surface area contributed by atoms with Gasteiger partial charge in [-0.1, -0.05) is 52.3 Å².